The van der Waals surface area contributed by atoms with Crippen molar-refractivity contribution in [2.45, 2.75) is 19.1 Å². The van der Waals surface area contributed by atoms with Crippen LogP contribution in [0.1, 0.15) is 34.7 Å². The molecule has 172 valence electrons. The van der Waals surface area contributed by atoms with E-state index >= 15 is 0 Å². The molecule has 0 aliphatic carbocycles. The van der Waals surface area contributed by atoms with Crippen LogP contribution in [0, 0.1) is 11.6 Å². The lowest BCUT2D eigenvalue weighted by atomic mass is 9.92. The first kappa shape index (κ1) is 20.9. The summed E-state index contributed by atoms with van der Waals surface area (Å²) in [6.45, 7) is 1.96. The van der Waals surface area contributed by atoms with E-state index in [1.807, 2.05) is 28.8 Å². The largest absolute Gasteiger partial charge is 0.488 e. The minimum absolute atomic E-state index is 0.107. The molecule has 5 nitrogen and oxygen atoms in total. The molecule has 1 saturated heterocycles. The van der Waals surface area contributed by atoms with Gasteiger partial charge in [0, 0.05) is 23.7 Å². The first-order valence-electron chi connectivity index (χ1n) is 11.3. The predicted octanol–water partition coefficient (Wildman–Crippen LogP) is 4.97. The second-order valence-electron chi connectivity index (χ2n) is 9.07. The minimum atomic E-state index is -0.395. The molecule has 1 N–H and O–H groups in total. The zero-order chi connectivity index (χ0) is 23.4. The number of benzene rings is 3. The van der Waals surface area contributed by atoms with Gasteiger partial charge in [0.25, 0.3) is 0 Å². The van der Waals surface area contributed by atoms with Crippen LogP contribution in [0.4, 0.5) is 8.78 Å². The number of halogens is 2. The minimum Gasteiger partial charge on any atom is -0.488 e. The van der Waals surface area contributed by atoms with E-state index in [1.165, 1.54) is 24.3 Å². The average Bonchev–Trinajstić information content (AvgIpc) is 3.33. The molecule has 1 aromatic heterocycles. The van der Waals surface area contributed by atoms with Crippen LogP contribution in [-0.4, -0.2) is 34.6 Å². The van der Waals surface area contributed by atoms with Crippen molar-refractivity contribution in [2.24, 2.45) is 0 Å². The summed E-state index contributed by atoms with van der Waals surface area (Å²) in [5, 5.41) is 0. The zero-order valence-electron chi connectivity index (χ0n) is 18.6. The Hall–Kier alpha value is -3.71. The second-order valence-corrected chi connectivity index (χ2v) is 9.07. The summed E-state index contributed by atoms with van der Waals surface area (Å²) in [6.07, 6.45) is 2.91. The van der Waals surface area contributed by atoms with E-state index in [1.54, 1.807) is 12.1 Å². The normalized spacial score (nSPS) is 19.1. The number of ether oxygens (including phenoxy) is 1. The van der Waals surface area contributed by atoms with Crippen molar-refractivity contribution >= 4 is 22.7 Å². The summed E-state index contributed by atoms with van der Waals surface area (Å²) in [5.74, 6) is -0.335. The van der Waals surface area contributed by atoms with Gasteiger partial charge in [-0.15, -0.1) is 0 Å². The predicted molar refractivity (Wildman–Crippen MR) is 128 cm³/mol. The molecule has 2 aliphatic rings. The summed E-state index contributed by atoms with van der Waals surface area (Å²) >= 11 is 0. The monoisotopic (exact) mass is 459 g/mol. The van der Waals surface area contributed by atoms with Gasteiger partial charge in [0.1, 0.15) is 24.0 Å². The van der Waals surface area contributed by atoms with Crippen molar-refractivity contribution in [3.05, 3.63) is 99.0 Å². The van der Waals surface area contributed by atoms with E-state index in [2.05, 4.69) is 16.9 Å². The number of fused-ring (bicyclic) bond motifs is 3. The van der Waals surface area contributed by atoms with Crippen molar-refractivity contribution in [3.8, 4) is 5.75 Å². The van der Waals surface area contributed by atoms with E-state index in [4.69, 9.17) is 4.74 Å². The van der Waals surface area contributed by atoms with Crippen molar-refractivity contribution in [1.82, 2.24) is 14.5 Å². The summed E-state index contributed by atoms with van der Waals surface area (Å²) in [6, 6.07) is 15.0. The Morgan fingerprint density at radius 2 is 1.82 bits per heavy atom. The highest BCUT2D eigenvalue weighted by Crippen LogP contribution is 2.38. The standard InChI is InChI=1S/C27H23F2N3O2/c1-31-9-8-20(14-31)32-25-7-2-16(11-24(25)30-27(32)33)10-23-21-5-3-18(28)12-17(21)15-34-26-13-19(29)4-6-22(23)26/h2-7,10-13,20H,8-9,14-15H2,1H3,(H,30,33)/b23-10+/t20-/m0/s1. The van der Waals surface area contributed by atoms with Gasteiger partial charge in [0.15, 0.2) is 0 Å². The Labute approximate surface area is 194 Å². The molecule has 6 rings (SSSR count). The third-order valence-corrected chi connectivity index (χ3v) is 6.76. The quantitative estimate of drug-likeness (QED) is 0.461. The lowest BCUT2D eigenvalue weighted by Gasteiger charge is -2.13. The number of nitrogens with one attached hydrogen (secondary N) is 1. The Kier molecular flexibility index (Phi) is 4.88. The van der Waals surface area contributed by atoms with Crippen LogP contribution in [0.25, 0.3) is 22.7 Å². The molecular weight excluding hydrogens is 436 g/mol. The summed E-state index contributed by atoms with van der Waals surface area (Å²) < 4.78 is 35.6. The molecule has 0 spiro atoms. The highest BCUT2D eigenvalue weighted by atomic mass is 19.1. The Morgan fingerprint density at radius 1 is 1.03 bits per heavy atom. The lowest BCUT2D eigenvalue weighted by Crippen LogP contribution is -2.24. The van der Waals surface area contributed by atoms with Gasteiger partial charge in [0.05, 0.1) is 17.1 Å². The van der Waals surface area contributed by atoms with Gasteiger partial charge in [-0.2, -0.15) is 0 Å². The third-order valence-electron chi connectivity index (χ3n) is 6.76. The molecule has 0 radical (unpaired) electrons. The number of aromatic nitrogens is 2. The molecule has 34 heavy (non-hydrogen) atoms. The molecule has 1 atom stereocenters. The number of rotatable bonds is 2. The molecule has 0 bridgehead atoms. The van der Waals surface area contributed by atoms with Crippen molar-refractivity contribution in [3.63, 3.8) is 0 Å². The molecule has 3 heterocycles. The fourth-order valence-electron chi connectivity index (χ4n) is 5.13. The molecule has 1 fully saturated rings. The Balaban J connectivity index is 1.50. The van der Waals surface area contributed by atoms with Gasteiger partial charge in [-0.25, -0.2) is 13.6 Å². The lowest BCUT2D eigenvalue weighted by molar-refractivity contribution is 0.305. The average molecular weight is 459 g/mol. The van der Waals surface area contributed by atoms with Gasteiger partial charge in [0.2, 0.25) is 0 Å². The number of hydrogen-bond donors (Lipinski definition) is 1. The molecule has 3 aromatic carbocycles. The maximum Gasteiger partial charge on any atom is 0.326 e. The molecule has 2 aliphatic heterocycles. The van der Waals surface area contributed by atoms with E-state index in [-0.39, 0.29) is 24.2 Å². The summed E-state index contributed by atoms with van der Waals surface area (Å²) in [4.78, 5) is 18.0. The third kappa shape index (κ3) is 3.53. The van der Waals surface area contributed by atoms with Crippen LogP contribution < -0.4 is 10.4 Å². The van der Waals surface area contributed by atoms with Gasteiger partial charge < -0.3 is 14.6 Å². The fourth-order valence-corrected chi connectivity index (χ4v) is 5.13. The zero-order valence-corrected chi connectivity index (χ0v) is 18.6. The van der Waals surface area contributed by atoms with E-state index < -0.39 is 5.82 Å². The van der Waals surface area contributed by atoms with Crippen LogP contribution in [0.3, 0.4) is 0 Å². The van der Waals surface area contributed by atoms with E-state index in [0.717, 1.165) is 52.8 Å². The first-order chi connectivity index (χ1) is 16.5. The fraction of sp³-hybridized carbons (Fsp3) is 0.222. The van der Waals surface area contributed by atoms with Crippen molar-refractivity contribution in [1.29, 1.82) is 0 Å². The van der Waals surface area contributed by atoms with Crippen molar-refractivity contribution < 1.29 is 13.5 Å². The molecule has 0 unspecified atom stereocenters. The molecule has 0 amide bonds. The van der Waals surface area contributed by atoms with Gasteiger partial charge in [-0.05, 0) is 79.2 Å². The Morgan fingerprint density at radius 3 is 2.62 bits per heavy atom. The number of likely N-dealkylation sites (tertiary alicyclic amines) is 1. The number of likely N-dealkylation sites (N-methyl/N-ethyl adjacent to an activating group) is 1. The van der Waals surface area contributed by atoms with Gasteiger partial charge in [-0.3, -0.25) is 4.57 Å². The molecule has 7 heteroatoms. The van der Waals surface area contributed by atoms with Crippen LogP contribution in [0.5, 0.6) is 5.75 Å². The summed E-state index contributed by atoms with van der Waals surface area (Å²) in [5.41, 5.74) is 5.45. The van der Waals surface area contributed by atoms with Gasteiger partial charge in [-0.1, -0.05) is 12.1 Å². The topological polar surface area (TPSA) is 50.3 Å². The maximum absolute atomic E-state index is 14.0. The maximum atomic E-state index is 14.0. The van der Waals surface area contributed by atoms with Crippen molar-refractivity contribution in [2.75, 3.05) is 20.1 Å². The molecular formula is C27H23F2N3O2. The van der Waals surface area contributed by atoms with Gasteiger partial charge >= 0.3 is 5.69 Å². The highest BCUT2D eigenvalue weighted by Gasteiger charge is 2.25. The number of imidazole rings is 1. The number of aromatic amines is 1. The molecule has 4 aromatic rings. The van der Waals surface area contributed by atoms with Crippen LogP contribution in [0.2, 0.25) is 0 Å². The second kappa shape index (κ2) is 7.95. The number of H-pyrrole nitrogens is 1. The number of nitrogens with zero attached hydrogens (tertiary/aromatic N) is 2. The van der Waals surface area contributed by atoms with Crippen LogP contribution in [-0.2, 0) is 6.61 Å². The smallest absolute Gasteiger partial charge is 0.326 e. The molecule has 0 saturated carbocycles. The van der Waals surface area contributed by atoms with Crippen LogP contribution in [0.15, 0.2) is 59.4 Å². The number of hydrogen-bond acceptors (Lipinski definition) is 3. The first-order valence-corrected chi connectivity index (χ1v) is 11.3. The van der Waals surface area contributed by atoms with E-state index in [9.17, 15) is 13.6 Å². The SMILES string of the molecule is CN1CC[C@H](n2c(=O)[nH]c3cc(/C=C4\c5ccc(F)cc5COc5cc(F)ccc54)ccc32)C1. The highest BCUT2D eigenvalue weighted by molar-refractivity contribution is 5.95. The van der Waals surface area contributed by atoms with E-state index in [0.29, 0.717) is 11.3 Å². The Bertz CT molecular complexity index is 1460. The summed E-state index contributed by atoms with van der Waals surface area (Å²) in [7, 11) is 2.06. The van der Waals surface area contributed by atoms with Crippen LogP contribution >= 0.6 is 0 Å².